The zero-order valence-electron chi connectivity index (χ0n) is 10.8. The smallest absolute Gasteiger partial charge is 0.407 e. The van der Waals surface area contributed by atoms with E-state index in [9.17, 15) is 9.59 Å². The van der Waals surface area contributed by atoms with E-state index in [0.29, 0.717) is 19.5 Å². The summed E-state index contributed by atoms with van der Waals surface area (Å²) < 4.78 is 4.87. The monoisotopic (exact) mass is 263 g/mol. The van der Waals surface area contributed by atoms with Gasteiger partial charge in [0.2, 0.25) is 0 Å². The van der Waals surface area contributed by atoms with E-state index in [1.54, 1.807) is 0 Å². The van der Waals surface area contributed by atoms with E-state index in [2.05, 4.69) is 0 Å². The van der Waals surface area contributed by atoms with Gasteiger partial charge in [0.15, 0.2) is 0 Å². The van der Waals surface area contributed by atoms with Gasteiger partial charge >= 0.3 is 12.1 Å². The van der Waals surface area contributed by atoms with Crippen LogP contribution in [0, 0.1) is 5.92 Å². The number of ether oxygens (including phenoxy) is 1. The Morgan fingerprint density at radius 2 is 2.05 bits per heavy atom. The average molecular weight is 263 g/mol. The van der Waals surface area contributed by atoms with Crippen LogP contribution in [0.4, 0.5) is 4.79 Å². The first-order valence-electron chi connectivity index (χ1n) is 6.24. The van der Waals surface area contributed by atoms with E-state index in [0.717, 1.165) is 5.56 Å². The van der Waals surface area contributed by atoms with Crippen molar-refractivity contribution in [3.05, 3.63) is 35.9 Å². The third kappa shape index (κ3) is 2.86. The predicted molar refractivity (Wildman–Crippen MR) is 68.9 cm³/mol. The van der Waals surface area contributed by atoms with Crippen molar-refractivity contribution >= 4 is 12.1 Å². The van der Waals surface area contributed by atoms with Crippen LogP contribution >= 0.6 is 0 Å². The van der Waals surface area contributed by atoms with Gasteiger partial charge in [-0.2, -0.15) is 0 Å². The van der Waals surface area contributed by atoms with Crippen molar-refractivity contribution in [1.29, 1.82) is 0 Å². The number of hydrogen-bond acceptors (Lipinski definition) is 3. The molecule has 1 aliphatic rings. The molecule has 5 nitrogen and oxygen atoms in total. The van der Waals surface area contributed by atoms with Gasteiger partial charge in [-0.3, -0.25) is 4.79 Å². The van der Waals surface area contributed by atoms with Crippen molar-refractivity contribution < 1.29 is 19.4 Å². The third-order valence-electron chi connectivity index (χ3n) is 3.58. The SMILES string of the molecule is COC(=O)[C@H](c1ccccc1)[C@H]1CCN(C(=O)O)C1. The highest BCUT2D eigenvalue weighted by molar-refractivity contribution is 5.78. The first-order valence-corrected chi connectivity index (χ1v) is 6.24. The molecule has 0 bridgehead atoms. The van der Waals surface area contributed by atoms with Crippen LogP contribution in [-0.4, -0.2) is 42.3 Å². The lowest BCUT2D eigenvalue weighted by Gasteiger charge is -2.21. The molecular weight excluding hydrogens is 246 g/mol. The molecule has 1 heterocycles. The van der Waals surface area contributed by atoms with Gasteiger partial charge in [-0.15, -0.1) is 0 Å². The van der Waals surface area contributed by atoms with Crippen LogP contribution in [0.1, 0.15) is 17.9 Å². The van der Waals surface area contributed by atoms with Crippen LogP contribution in [0.2, 0.25) is 0 Å². The van der Waals surface area contributed by atoms with E-state index < -0.39 is 12.0 Å². The van der Waals surface area contributed by atoms with E-state index in [1.807, 2.05) is 30.3 Å². The lowest BCUT2D eigenvalue weighted by atomic mass is 9.85. The number of carbonyl (C=O) groups is 2. The van der Waals surface area contributed by atoms with Gasteiger partial charge in [-0.05, 0) is 17.9 Å². The summed E-state index contributed by atoms with van der Waals surface area (Å²) in [6.07, 6.45) is -0.250. The van der Waals surface area contributed by atoms with E-state index in [1.165, 1.54) is 12.0 Å². The summed E-state index contributed by atoms with van der Waals surface area (Å²) >= 11 is 0. The molecule has 2 atom stereocenters. The van der Waals surface area contributed by atoms with Crippen molar-refractivity contribution in [2.75, 3.05) is 20.2 Å². The number of carboxylic acid groups (broad SMARTS) is 1. The fraction of sp³-hybridized carbons (Fsp3) is 0.429. The second-order valence-electron chi connectivity index (χ2n) is 4.69. The highest BCUT2D eigenvalue weighted by Gasteiger charge is 2.37. The Balaban J connectivity index is 2.20. The van der Waals surface area contributed by atoms with Gasteiger partial charge in [0.05, 0.1) is 13.0 Å². The van der Waals surface area contributed by atoms with Gasteiger partial charge < -0.3 is 14.7 Å². The minimum atomic E-state index is -0.931. The summed E-state index contributed by atoms with van der Waals surface area (Å²) in [5.74, 6) is -0.718. The quantitative estimate of drug-likeness (QED) is 0.846. The molecule has 5 heteroatoms. The van der Waals surface area contributed by atoms with Crippen LogP contribution in [-0.2, 0) is 9.53 Å². The van der Waals surface area contributed by atoms with Crippen LogP contribution in [0.3, 0.4) is 0 Å². The second kappa shape index (κ2) is 5.73. The summed E-state index contributed by atoms with van der Waals surface area (Å²) in [4.78, 5) is 24.3. The average Bonchev–Trinajstić information content (AvgIpc) is 2.89. The first-order chi connectivity index (χ1) is 9.13. The Hall–Kier alpha value is -2.04. The standard InChI is InChI=1S/C14H17NO4/c1-19-13(16)12(10-5-3-2-4-6-10)11-7-8-15(9-11)14(17)18/h2-6,11-12H,7-9H2,1H3,(H,17,18)/t11-,12+/m0/s1. The Morgan fingerprint density at radius 1 is 1.37 bits per heavy atom. The number of nitrogens with zero attached hydrogens (tertiary/aromatic N) is 1. The second-order valence-corrected chi connectivity index (χ2v) is 4.69. The molecule has 0 aromatic heterocycles. The van der Waals surface area contributed by atoms with Gasteiger partial charge in [0.1, 0.15) is 0 Å². The maximum atomic E-state index is 12.0. The number of rotatable bonds is 3. The molecule has 2 rings (SSSR count). The largest absolute Gasteiger partial charge is 0.469 e. The Labute approximate surface area is 111 Å². The van der Waals surface area contributed by atoms with Gasteiger partial charge in [0.25, 0.3) is 0 Å². The zero-order chi connectivity index (χ0) is 13.8. The summed E-state index contributed by atoms with van der Waals surface area (Å²) in [6, 6.07) is 9.39. The lowest BCUT2D eigenvalue weighted by Crippen LogP contribution is -2.30. The van der Waals surface area contributed by atoms with Gasteiger partial charge in [-0.25, -0.2) is 4.79 Å². The molecule has 102 valence electrons. The van der Waals surface area contributed by atoms with Crippen LogP contribution < -0.4 is 0 Å². The lowest BCUT2D eigenvalue weighted by molar-refractivity contribution is -0.143. The fourth-order valence-electron chi connectivity index (χ4n) is 2.62. The summed E-state index contributed by atoms with van der Waals surface area (Å²) in [7, 11) is 1.36. The Kier molecular flexibility index (Phi) is 4.04. The highest BCUT2D eigenvalue weighted by Crippen LogP contribution is 2.33. The van der Waals surface area contributed by atoms with Crippen LogP contribution in [0.25, 0.3) is 0 Å². The molecule has 1 N–H and O–H groups in total. The first kappa shape index (κ1) is 13.4. The number of esters is 1. The highest BCUT2D eigenvalue weighted by atomic mass is 16.5. The predicted octanol–water partition coefficient (Wildman–Crippen LogP) is 1.94. The molecule has 1 aromatic rings. The van der Waals surface area contributed by atoms with Crippen molar-refractivity contribution in [3.8, 4) is 0 Å². The molecule has 1 amide bonds. The number of likely N-dealkylation sites (tertiary alicyclic amines) is 1. The maximum absolute atomic E-state index is 12.0. The maximum Gasteiger partial charge on any atom is 0.407 e. The summed E-state index contributed by atoms with van der Waals surface area (Å²) in [6.45, 7) is 0.852. The molecule has 0 unspecified atom stereocenters. The Morgan fingerprint density at radius 3 is 2.58 bits per heavy atom. The molecule has 0 aliphatic carbocycles. The molecule has 19 heavy (non-hydrogen) atoms. The van der Waals surface area contributed by atoms with E-state index in [4.69, 9.17) is 9.84 Å². The minimum Gasteiger partial charge on any atom is -0.469 e. The molecular formula is C14H17NO4. The molecule has 1 saturated heterocycles. The molecule has 1 aromatic carbocycles. The number of amides is 1. The summed E-state index contributed by atoms with van der Waals surface area (Å²) in [5.41, 5.74) is 0.881. The van der Waals surface area contributed by atoms with Crippen LogP contribution in [0.5, 0.6) is 0 Å². The number of methoxy groups -OCH3 is 1. The molecule has 0 radical (unpaired) electrons. The van der Waals surface area contributed by atoms with Crippen molar-refractivity contribution in [3.63, 3.8) is 0 Å². The van der Waals surface area contributed by atoms with E-state index >= 15 is 0 Å². The molecule has 1 aliphatic heterocycles. The normalized spacial score (nSPS) is 20.1. The summed E-state index contributed by atoms with van der Waals surface area (Å²) in [5, 5.41) is 8.99. The van der Waals surface area contributed by atoms with E-state index in [-0.39, 0.29) is 11.9 Å². The zero-order valence-corrected chi connectivity index (χ0v) is 10.8. The van der Waals surface area contributed by atoms with Crippen LogP contribution in [0.15, 0.2) is 30.3 Å². The number of carbonyl (C=O) groups excluding carboxylic acids is 1. The third-order valence-corrected chi connectivity index (χ3v) is 3.58. The number of hydrogen-bond donors (Lipinski definition) is 1. The molecule has 1 fully saturated rings. The molecule has 0 saturated carbocycles. The Bertz CT molecular complexity index is 460. The van der Waals surface area contributed by atoms with Crippen molar-refractivity contribution in [2.24, 2.45) is 5.92 Å². The topological polar surface area (TPSA) is 66.8 Å². The van der Waals surface area contributed by atoms with Gasteiger partial charge in [0, 0.05) is 13.1 Å². The number of benzene rings is 1. The van der Waals surface area contributed by atoms with Gasteiger partial charge in [-0.1, -0.05) is 30.3 Å². The fourth-order valence-corrected chi connectivity index (χ4v) is 2.62. The van der Waals surface area contributed by atoms with Crippen molar-refractivity contribution in [2.45, 2.75) is 12.3 Å². The minimum absolute atomic E-state index is 0.0223. The molecule has 0 spiro atoms. The van der Waals surface area contributed by atoms with Crippen molar-refractivity contribution in [1.82, 2.24) is 4.90 Å².